The summed E-state index contributed by atoms with van der Waals surface area (Å²) in [6.45, 7) is -0.176. The Balaban J connectivity index is 1.66. The molecule has 0 unspecified atom stereocenters. The maximum Gasteiger partial charge on any atom is 0.323 e. The number of phenols is 1. The molecule has 0 saturated carbocycles. The number of rotatable bonds is 5. The third-order valence-electron chi connectivity index (χ3n) is 4.64. The molecular formula is C21H17FN2O3. The van der Waals surface area contributed by atoms with Crippen LogP contribution in [0, 0.1) is 5.82 Å². The molecule has 4 aromatic rings. The van der Waals surface area contributed by atoms with Gasteiger partial charge >= 0.3 is 5.97 Å². The molecule has 2 N–H and O–H groups in total. The van der Waals surface area contributed by atoms with Crippen LogP contribution >= 0.6 is 0 Å². The molecule has 27 heavy (non-hydrogen) atoms. The first-order chi connectivity index (χ1) is 13.0. The Bertz CT molecular complexity index is 1170. The number of phenolic OH excluding ortho intramolecular Hbond substituents is 1. The fourth-order valence-electron chi connectivity index (χ4n) is 3.39. The number of carboxylic acids is 1. The number of halogens is 1. The van der Waals surface area contributed by atoms with Crippen LogP contribution in [0.25, 0.3) is 21.8 Å². The highest BCUT2D eigenvalue weighted by Crippen LogP contribution is 2.26. The highest BCUT2D eigenvalue weighted by Gasteiger charge is 2.12. The Hall–Kier alpha value is -3.41. The summed E-state index contributed by atoms with van der Waals surface area (Å²) in [6, 6.07) is 13.4. The van der Waals surface area contributed by atoms with Crippen LogP contribution in [0.1, 0.15) is 11.3 Å². The van der Waals surface area contributed by atoms with E-state index in [2.05, 4.69) is 4.98 Å². The first kappa shape index (κ1) is 17.0. The molecule has 0 spiro atoms. The van der Waals surface area contributed by atoms with Crippen molar-refractivity contribution in [2.45, 2.75) is 19.4 Å². The predicted molar refractivity (Wildman–Crippen MR) is 100 cm³/mol. The van der Waals surface area contributed by atoms with Gasteiger partial charge in [-0.25, -0.2) is 9.37 Å². The number of benzene rings is 2. The van der Waals surface area contributed by atoms with E-state index in [1.165, 1.54) is 12.1 Å². The van der Waals surface area contributed by atoms with Gasteiger partial charge in [-0.05, 0) is 48.7 Å². The van der Waals surface area contributed by atoms with E-state index in [0.29, 0.717) is 29.3 Å². The van der Waals surface area contributed by atoms with Gasteiger partial charge in [0, 0.05) is 28.2 Å². The van der Waals surface area contributed by atoms with Gasteiger partial charge in [-0.1, -0.05) is 18.2 Å². The summed E-state index contributed by atoms with van der Waals surface area (Å²) in [6.07, 6.45) is 2.93. The average Bonchev–Trinajstić information content (AvgIpc) is 2.96. The van der Waals surface area contributed by atoms with Crippen LogP contribution < -0.4 is 0 Å². The average molecular weight is 364 g/mol. The second-order valence-corrected chi connectivity index (χ2v) is 6.49. The van der Waals surface area contributed by atoms with Gasteiger partial charge in [0.05, 0.1) is 0 Å². The zero-order valence-electron chi connectivity index (χ0n) is 14.4. The van der Waals surface area contributed by atoms with Gasteiger partial charge in [0.1, 0.15) is 23.6 Å². The number of pyridine rings is 1. The van der Waals surface area contributed by atoms with E-state index in [9.17, 15) is 14.3 Å². The summed E-state index contributed by atoms with van der Waals surface area (Å²) in [7, 11) is 0. The number of carboxylic acid groups (broad SMARTS) is 1. The number of aliphatic carboxylic acids is 1. The van der Waals surface area contributed by atoms with Crippen molar-refractivity contribution < 1.29 is 19.4 Å². The zero-order valence-corrected chi connectivity index (χ0v) is 14.4. The van der Waals surface area contributed by atoms with Gasteiger partial charge in [0.25, 0.3) is 0 Å². The van der Waals surface area contributed by atoms with Crippen molar-refractivity contribution in [2.24, 2.45) is 0 Å². The molecule has 0 amide bonds. The first-order valence-corrected chi connectivity index (χ1v) is 8.58. The molecule has 0 fully saturated rings. The number of nitrogens with zero attached hydrogens (tertiary/aromatic N) is 2. The summed E-state index contributed by atoms with van der Waals surface area (Å²) in [5.41, 5.74) is 2.91. The van der Waals surface area contributed by atoms with Crippen LogP contribution in [0.5, 0.6) is 5.75 Å². The standard InChI is InChI=1S/C21H17FN2O3/c22-15-6-9-18-17(10-15)14(11-24(18)12-20(26)27)5-8-16-7-4-13-2-1-3-19(25)21(13)23-16/h1-4,6-7,9-11,25H,5,8,12H2,(H,26,27). The van der Waals surface area contributed by atoms with Crippen molar-refractivity contribution in [1.82, 2.24) is 9.55 Å². The van der Waals surface area contributed by atoms with E-state index in [1.807, 2.05) is 18.2 Å². The minimum atomic E-state index is -0.950. The fourth-order valence-corrected chi connectivity index (χ4v) is 3.39. The second kappa shape index (κ2) is 6.72. The molecule has 2 aromatic heterocycles. The highest BCUT2D eigenvalue weighted by atomic mass is 19.1. The molecule has 5 nitrogen and oxygen atoms in total. The number of aromatic hydroxyl groups is 1. The molecule has 2 aromatic carbocycles. The quantitative estimate of drug-likeness (QED) is 0.563. The second-order valence-electron chi connectivity index (χ2n) is 6.49. The van der Waals surface area contributed by atoms with Crippen molar-refractivity contribution in [3.63, 3.8) is 0 Å². The van der Waals surface area contributed by atoms with E-state index in [-0.39, 0.29) is 18.1 Å². The molecule has 0 saturated heterocycles. The van der Waals surface area contributed by atoms with Gasteiger partial charge in [-0.2, -0.15) is 0 Å². The first-order valence-electron chi connectivity index (χ1n) is 8.58. The number of hydrogen-bond donors (Lipinski definition) is 2. The Morgan fingerprint density at radius 2 is 1.96 bits per heavy atom. The van der Waals surface area contributed by atoms with Crippen LogP contribution in [0.2, 0.25) is 0 Å². The van der Waals surface area contributed by atoms with Gasteiger partial charge in [0.15, 0.2) is 0 Å². The monoisotopic (exact) mass is 364 g/mol. The summed E-state index contributed by atoms with van der Waals surface area (Å²) in [4.78, 5) is 15.6. The molecule has 0 atom stereocenters. The molecule has 4 rings (SSSR count). The van der Waals surface area contributed by atoms with E-state index in [1.54, 1.807) is 29.0 Å². The number of para-hydroxylation sites is 1. The molecule has 0 radical (unpaired) electrons. The number of aromatic nitrogens is 2. The van der Waals surface area contributed by atoms with Gasteiger partial charge in [-0.15, -0.1) is 0 Å². The number of fused-ring (bicyclic) bond motifs is 2. The van der Waals surface area contributed by atoms with E-state index in [0.717, 1.165) is 16.6 Å². The SMILES string of the molecule is O=C(O)Cn1cc(CCc2ccc3cccc(O)c3n2)c2cc(F)ccc21. The molecule has 0 aliphatic rings. The van der Waals surface area contributed by atoms with Crippen LogP contribution in [0.4, 0.5) is 4.39 Å². The summed E-state index contributed by atoms with van der Waals surface area (Å²) < 4.78 is 15.3. The summed E-state index contributed by atoms with van der Waals surface area (Å²) in [5, 5.41) is 20.6. The Morgan fingerprint density at radius 1 is 1.11 bits per heavy atom. The van der Waals surface area contributed by atoms with Crippen LogP contribution in [-0.4, -0.2) is 25.7 Å². The van der Waals surface area contributed by atoms with Crippen molar-refractivity contribution in [3.8, 4) is 5.75 Å². The molecule has 6 heteroatoms. The number of aryl methyl sites for hydroxylation is 2. The van der Waals surface area contributed by atoms with Gasteiger partial charge in [0.2, 0.25) is 0 Å². The molecule has 0 aliphatic carbocycles. The normalized spacial score (nSPS) is 11.3. The lowest BCUT2D eigenvalue weighted by Gasteiger charge is -2.04. The van der Waals surface area contributed by atoms with Crippen molar-refractivity contribution >= 4 is 27.8 Å². The summed E-state index contributed by atoms with van der Waals surface area (Å²) >= 11 is 0. The smallest absolute Gasteiger partial charge is 0.323 e. The minimum Gasteiger partial charge on any atom is -0.506 e. The Morgan fingerprint density at radius 3 is 2.78 bits per heavy atom. The highest BCUT2D eigenvalue weighted by molar-refractivity contribution is 5.86. The maximum atomic E-state index is 13.7. The lowest BCUT2D eigenvalue weighted by atomic mass is 10.1. The molecule has 0 aliphatic heterocycles. The lowest BCUT2D eigenvalue weighted by Crippen LogP contribution is -2.07. The summed E-state index contributed by atoms with van der Waals surface area (Å²) in [5.74, 6) is -1.17. The largest absolute Gasteiger partial charge is 0.506 e. The molecule has 0 bridgehead atoms. The predicted octanol–water partition coefficient (Wildman–Crippen LogP) is 3.90. The van der Waals surface area contributed by atoms with Crippen LogP contribution in [-0.2, 0) is 24.2 Å². The van der Waals surface area contributed by atoms with E-state index < -0.39 is 5.97 Å². The van der Waals surface area contributed by atoms with Crippen molar-refractivity contribution in [2.75, 3.05) is 0 Å². The van der Waals surface area contributed by atoms with Gasteiger partial charge in [-0.3, -0.25) is 4.79 Å². The van der Waals surface area contributed by atoms with E-state index >= 15 is 0 Å². The third kappa shape index (κ3) is 3.33. The third-order valence-corrected chi connectivity index (χ3v) is 4.64. The lowest BCUT2D eigenvalue weighted by molar-refractivity contribution is -0.137. The topological polar surface area (TPSA) is 75.3 Å². The van der Waals surface area contributed by atoms with Gasteiger partial charge < -0.3 is 14.8 Å². The van der Waals surface area contributed by atoms with Crippen LogP contribution in [0.3, 0.4) is 0 Å². The molecular weight excluding hydrogens is 347 g/mol. The van der Waals surface area contributed by atoms with Crippen LogP contribution in [0.15, 0.2) is 54.7 Å². The van der Waals surface area contributed by atoms with E-state index in [4.69, 9.17) is 5.11 Å². The van der Waals surface area contributed by atoms with Crippen molar-refractivity contribution in [3.05, 3.63) is 71.8 Å². The number of hydrogen-bond acceptors (Lipinski definition) is 3. The number of carbonyl (C=O) groups is 1. The molecule has 2 heterocycles. The maximum absolute atomic E-state index is 13.7. The Kier molecular flexibility index (Phi) is 4.24. The fraction of sp³-hybridized carbons (Fsp3) is 0.143. The van der Waals surface area contributed by atoms with Crippen molar-refractivity contribution in [1.29, 1.82) is 0 Å². The minimum absolute atomic E-state index is 0.134. The Labute approximate surface area is 154 Å². The zero-order chi connectivity index (χ0) is 19.0. The molecule has 136 valence electrons.